The zero-order valence-corrected chi connectivity index (χ0v) is 14.1. The highest BCUT2D eigenvalue weighted by Crippen LogP contribution is 2.20. The normalized spacial score (nSPS) is 10.8. The molecule has 1 amide bonds. The molecule has 2 heterocycles. The van der Waals surface area contributed by atoms with Gasteiger partial charge in [-0.2, -0.15) is 8.78 Å². The van der Waals surface area contributed by atoms with Crippen molar-refractivity contribution in [1.29, 1.82) is 0 Å². The van der Waals surface area contributed by atoms with Crippen LogP contribution < -0.4 is 10.1 Å². The van der Waals surface area contributed by atoms with Gasteiger partial charge in [-0.05, 0) is 43.3 Å². The van der Waals surface area contributed by atoms with E-state index in [-0.39, 0.29) is 16.7 Å². The van der Waals surface area contributed by atoms with E-state index in [9.17, 15) is 13.6 Å². The highest BCUT2D eigenvalue weighted by molar-refractivity contribution is 6.32. The van der Waals surface area contributed by atoms with Crippen molar-refractivity contribution < 1.29 is 18.3 Å². The Balaban J connectivity index is 1.80. The van der Waals surface area contributed by atoms with Crippen LogP contribution in [0.4, 0.5) is 14.5 Å². The largest absolute Gasteiger partial charge is 0.435 e. The smallest absolute Gasteiger partial charge is 0.387 e. The Kier molecular flexibility index (Phi) is 5.08. The van der Waals surface area contributed by atoms with Gasteiger partial charge in [0.05, 0.1) is 11.4 Å². The van der Waals surface area contributed by atoms with Crippen LogP contribution in [0.5, 0.6) is 5.75 Å². The number of halogens is 3. The first-order chi connectivity index (χ1) is 12.4. The number of pyridine rings is 1. The predicted octanol–water partition coefficient (Wildman–Crippen LogP) is 3.48. The third kappa shape index (κ3) is 3.94. The quantitative estimate of drug-likeness (QED) is 0.686. The van der Waals surface area contributed by atoms with Crippen LogP contribution in [-0.4, -0.2) is 32.3 Å². The summed E-state index contributed by atoms with van der Waals surface area (Å²) in [5.74, 6) is -0.171. The minimum Gasteiger partial charge on any atom is -0.435 e. The summed E-state index contributed by atoms with van der Waals surface area (Å²) in [5.41, 5.74) is 0.872. The van der Waals surface area contributed by atoms with Crippen molar-refractivity contribution in [1.82, 2.24) is 19.7 Å². The summed E-state index contributed by atoms with van der Waals surface area (Å²) >= 11 is 5.90. The lowest BCUT2D eigenvalue weighted by Gasteiger charge is -2.06. The lowest BCUT2D eigenvalue weighted by Crippen LogP contribution is -2.14. The second-order valence-corrected chi connectivity index (χ2v) is 5.42. The Morgan fingerprint density at radius 1 is 1.27 bits per heavy atom. The first-order valence-corrected chi connectivity index (χ1v) is 7.72. The number of carbonyl (C=O) groups is 1. The number of carbonyl (C=O) groups excluding carboxylic acids is 1. The van der Waals surface area contributed by atoms with Gasteiger partial charge in [0.2, 0.25) is 5.82 Å². The molecule has 0 unspecified atom stereocenters. The van der Waals surface area contributed by atoms with E-state index in [1.807, 2.05) is 0 Å². The average Bonchev–Trinajstić information content (AvgIpc) is 2.99. The van der Waals surface area contributed by atoms with Crippen molar-refractivity contribution in [2.24, 2.45) is 0 Å². The number of aromatic nitrogens is 4. The van der Waals surface area contributed by atoms with Crippen LogP contribution >= 0.6 is 11.6 Å². The molecule has 3 aromatic rings. The van der Waals surface area contributed by atoms with E-state index in [0.29, 0.717) is 17.2 Å². The van der Waals surface area contributed by atoms with E-state index in [1.54, 1.807) is 19.1 Å². The molecule has 2 aromatic heterocycles. The molecule has 0 aliphatic carbocycles. The highest BCUT2D eigenvalue weighted by Gasteiger charge is 2.17. The molecule has 0 bridgehead atoms. The molecular formula is C16H12ClF2N5O2. The lowest BCUT2D eigenvalue weighted by molar-refractivity contribution is -0.0498. The number of ether oxygens (including phenoxy) is 1. The van der Waals surface area contributed by atoms with Crippen molar-refractivity contribution in [2.45, 2.75) is 13.5 Å². The van der Waals surface area contributed by atoms with Crippen LogP contribution in [0.25, 0.3) is 5.69 Å². The SMILES string of the molecule is Cc1nc(C(=O)Nc2cccnc2Cl)nn1-c1ccc(OC(F)F)cc1. The standard InChI is InChI=1S/C16H12ClF2N5O2/c1-9-21-14(15(25)22-12-3-2-8-20-13(12)17)23-24(9)10-4-6-11(7-5-10)26-16(18)19/h2-8,16H,1H3,(H,22,25). The minimum atomic E-state index is -2.90. The van der Waals surface area contributed by atoms with Crippen LogP contribution in [0, 0.1) is 6.92 Å². The number of benzene rings is 1. The van der Waals surface area contributed by atoms with Gasteiger partial charge in [-0.1, -0.05) is 11.6 Å². The summed E-state index contributed by atoms with van der Waals surface area (Å²) in [4.78, 5) is 20.3. The lowest BCUT2D eigenvalue weighted by atomic mass is 10.3. The molecule has 134 valence electrons. The van der Waals surface area contributed by atoms with E-state index >= 15 is 0 Å². The number of anilines is 1. The van der Waals surface area contributed by atoms with Crippen molar-refractivity contribution in [3.05, 3.63) is 59.4 Å². The molecule has 0 fully saturated rings. The Hall–Kier alpha value is -3.07. The highest BCUT2D eigenvalue weighted by atomic mass is 35.5. The van der Waals surface area contributed by atoms with Gasteiger partial charge < -0.3 is 10.1 Å². The molecule has 1 aromatic carbocycles. The number of nitrogens with zero attached hydrogens (tertiary/aromatic N) is 4. The Bertz CT molecular complexity index is 931. The molecule has 0 spiro atoms. The third-order valence-corrected chi connectivity index (χ3v) is 3.59. The van der Waals surface area contributed by atoms with Crippen LogP contribution in [-0.2, 0) is 0 Å². The van der Waals surface area contributed by atoms with E-state index < -0.39 is 12.5 Å². The number of hydrogen-bond donors (Lipinski definition) is 1. The van der Waals surface area contributed by atoms with Crippen molar-refractivity contribution >= 4 is 23.2 Å². The monoisotopic (exact) mass is 379 g/mol. The van der Waals surface area contributed by atoms with Gasteiger partial charge in [-0.3, -0.25) is 4.79 Å². The molecule has 3 rings (SSSR count). The predicted molar refractivity (Wildman–Crippen MR) is 89.9 cm³/mol. The second kappa shape index (κ2) is 7.44. The average molecular weight is 380 g/mol. The second-order valence-electron chi connectivity index (χ2n) is 5.06. The van der Waals surface area contributed by atoms with Gasteiger partial charge in [-0.25, -0.2) is 14.6 Å². The number of alkyl halides is 2. The van der Waals surface area contributed by atoms with Gasteiger partial charge >= 0.3 is 6.61 Å². The molecule has 10 heteroatoms. The number of nitrogens with one attached hydrogen (secondary N) is 1. The Labute approximate surface area is 151 Å². The fourth-order valence-electron chi connectivity index (χ4n) is 2.16. The zero-order chi connectivity index (χ0) is 18.7. The van der Waals surface area contributed by atoms with E-state index in [0.717, 1.165) is 0 Å². The molecule has 0 atom stereocenters. The zero-order valence-electron chi connectivity index (χ0n) is 13.4. The minimum absolute atomic E-state index is 0.0192. The van der Waals surface area contributed by atoms with E-state index in [1.165, 1.54) is 35.1 Å². The maximum Gasteiger partial charge on any atom is 0.387 e. The maximum atomic E-state index is 12.3. The summed E-state index contributed by atoms with van der Waals surface area (Å²) in [5, 5.41) is 6.86. The van der Waals surface area contributed by atoms with Gasteiger partial charge in [-0.15, -0.1) is 5.10 Å². The first-order valence-electron chi connectivity index (χ1n) is 7.35. The number of aryl methyl sites for hydroxylation is 1. The van der Waals surface area contributed by atoms with Crippen LogP contribution in [0.3, 0.4) is 0 Å². The van der Waals surface area contributed by atoms with Gasteiger partial charge in [0, 0.05) is 6.20 Å². The molecule has 0 radical (unpaired) electrons. The molecule has 0 aliphatic heterocycles. The number of amides is 1. The Morgan fingerprint density at radius 3 is 2.65 bits per heavy atom. The fourth-order valence-corrected chi connectivity index (χ4v) is 2.32. The fraction of sp³-hybridized carbons (Fsp3) is 0.125. The van der Waals surface area contributed by atoms with Crippen molar-refractivity contribution in [3.63, 3.8) is 0 Å². The first kappa shape index (κ1) is 17.7. The molecule has 0 aliphatic rings. The van der Waals surface area contributed by atoms with E-state index in [2.05, 4.69) is 25.1 Å². The van der Waals surface area contributed by atoms with Crippen LogP contribution in [0.2, 0.25) is 5.15 Å². The Morgan fingerprint density at radius 2 is 2.00 bits per heavy atom. The van der Waals surface area contributed by atoms with Crippen molar-refractivity contribution in [2.75, 3.05) is 5.32 Å². The topological polar surface area (TPSA) is 81.9 Å². The summed E-state index contributed by atoms with van der Waals surface area (Å²) in [6, 6.07) is 9.02. The maximum absolute atomic E-state index is 12.3. The molecule has 7 nitrogen and oxygen atoms in total. The molecular weight excluding hydrogens is 368 g/mol. The van der Waals surface area contributed by atoms with Gasteiger partial charge in [0.1, 0.15) is 11.6 Å². The third-order valence-electron chi connectivity index (χ3n) is 3.29. The summed E-state index contributed by atoms with van der Waals surface area (Å²) in [6.45, 7) is -1.24. The summed E-state index contributed by atoms with van der Waals surface area (Å²) in [7, 11) is 0. The van der Waals surface area contributed by atoms with Crippen molar-refractivity contribution in [3.8, 4) is 11.4 Å². The van der Waals surface area contributed by atoms with Gasteiger partial charge in [0.25, 0.3) is 5.91 Å². The van der Waals surface area contributed by atoms with E-state index in [4.69, 9.17) is 11.6 Å². The number of hydrogen-bond acceptors (Lipinski definition) is 5. The molecule has 0 saturated carbocycles. The van der Waals surface area contributed by atoms with Gasteiger partial charge in [0.15, 0.2) is 5.15 Å². The summed E-state index contributed by atoms with van der Waals surface area (Å²) < 4.78 is 30.1. The molecule has 0 saturated heterocycles. The molecule has 26 heavy (non-hydrogen) atoms. The molecule has 1 N–H and O–H groups in total. The summed E-state index contributed by atoms with van der Waals surface area (Å²) in [6.07, 6.45) is 1.50. The number of rotatable bonds is 5. The van der Waals surface area contributed by atoms with Crippen LogP contribution in [0.15, 0.2) is 42.6 Å². The van der Waals surface area contributed by atoms with Crippen LogP contribution in [0.1, 0.15) is 16.4 Å².